The van der Waals surface area contributed by atoms with Crippen LogP contribution in [0, 0.1) is 56.7 Å². The number of carbonyl (C=O) groups excluding carboxylic acids is 2. The van der Waals surface area contributed by atoms with Gasteiger partial charge in [0.25, 0.3) is 0 Å². The molecule has 2 amide bonds. The lowest BCUT2D eigenvalue weighted by Crippen LogP contribution is -2.67. The Morgan fingerprint density at radius 2 is 1.35 bits per heavy atom. The largest absolute Gasteiger partial charge is 0.480 e. The van der Waals surface area contributed by atoms with Crippen LogP contribution >= 0.6 is 0 Å². The molecule has 5 rings (SSSR count). The highest BCUT2D eigenvalue weighted by molar-refractivity contribution is 5.88. The molecule has 0 aromatic carbocycles. The van der Waals surface area contributed by atoms with Crippen LogP contribution in [0.4, 0.5) is 0 Å². The zero-order chi connectivity index (χ0) is 48.2. The van der Waals surface area contributed by atoms with Crippen LogP contribution in [0.3, 0.4) is 0 Å². The minimum absolute atomic E-state index is 0.00831. The highest BCUT2D eigenvalue weighted by atomic mass is 16.4. The maximum atomic E-state index is 14.8. The Hall–Kier alpha value is -3.49. The maximum absolute atomic E-state index is 14.8. The van der Waals surface area contributed by atoms with Gasteiger partial charge in [-0.05, 0) is 167 Å². The molecule has 0 spiro atoms. The second-order valence-electron chi connectivity index (χ2n) is 22.5. The number of aliphatic hydroxyl groups excluding tert-OH is 2. The summed E-state index contributed by atoms with van der Waals surface area (Å²) in [4.78, 5) is 40.0. The van der Waals surface area contributed by atoms with E-state index in [9.17, 15) is 29.7 Å². The van der Waals surface area contributed by atoms with Crippen molar-refractivity contribution < 1.29 is 29.7 Å². The van der Waals surface area contributed by atoms with Crippen molar-refractivity contribution in [3.8, 4) is 0 Å². The zero-order valence-corrected chi connectivity index (χ0v) is 42.3. The fourth-order valence-corrected chi connectivity index (χ4v) is 14.2. The summed E-state index contributed by atoms with van der Waals surface area (Å²) in [6, 6.07) is -0.979. The normalized spacial score (nSPS) is 35.8. The van der Waals surface area contributed by atoms with Gasteiger partial charge in [0.2, 0.25) is 11.8 Å². The van der Waals surface area contributed by atoms with Gasteiger partial charge in [0, 0.05) is 13.0 Å². The van der Waals surface area contributed by atoms with Gasteiger partial charge in [0.05, 0.1) is 17.6 Å². The van der Waals surface area contributed by atoms with Crippen molar-refractivity contribution in [2.24, 2.45) is 56.7 Å². The molecule has 5 aliphatic carbocycles. The number of carbonyl (C=O) groups is 3. The molecule has 5 N–H and O–H groups in total. The molecular weight excluding hydrogens is 821 g/mol. The number of unbranched alkanes of at least 4 members (excludes halogenated alkanes) is 1. The summed E-state index contributed by atoms with van der Waals surface area (Å²) in [6.45, 7) is 18.9. The van der Waals surface area contributed by atoms with Crippen molar-refractivity contribution >= 4 is 17.8 Å². The Morgan fingerprint density at radius 1 is 0.758 bits per heavy atom. The quantitative estimate of drug-likeness (QED) is 0.0542. The first-order chi connectivity index (χ1) is 31.4. The number of aliphatic carboxylic acids is 1. The number of allylic oxidation sites excluding steroid dienone is 14. The molecule has 0 aromatic heterocycles. The van der Waals surface area contributed by atoms with Crippen molar-refractivity contribution in [3.63, 3.8) is 0 Å². The maximum Gasteiger partial charge on any atom is 0.326 e. The minimum Gasteiger partial charge on any atom is -0.480 e. The Morgan fingerprint density at radius 3 is 1.94 bits per heavy atom. The second kappa shape index (κ2) is 23.7. The van der Waals surface area contributed by atoms with Gasteiger partial charge in [-0.1, -0.05) is 140 Å². The molecule has 0 heterocycles. The molecule has 66 heavy (non-hydrogen) atoms. The van der Waals surface area contributed by atoms with Crippen molar-refractivity contribution in [2.45, 2.75) is 196 Å². The highest BCUT2D eigenvalue weighted by Crippen LogP contribution is 2.75. The van der Waals surface area contributed by atoms with E-state index in [1.807, 2.05) is 6.08 Å². The van der Waals surface area contributed by atoms with E-state index >= 15 is 0 Å². The molecule has 12 atom stereocenters. The van der Waals surface area contributed by atoms with Crippen LogP contribution in [0.5, 0.6) is 0 Å². The van der Waals surface area contributed by atoms with Crippen LogP contribution in [0.15, 0.2) is 84.6 Å². The monoisotopic (exact) mass is 911 g/mol. The van der Waals surface area contributed by atoms with Gasteiger partial charge in [-0.25, -0.2) is 4.79 Å². The Labute approximate surface area is 400 Å². The molecule has 0 bridgehead atoms. The first-order valence-electron chi connectivity index (χ1n) is 26.2. The van der Waals surface area contributed by atoms with Crippen molar-refractivity contribution in [1.82, 2.24) is 10.6 Å². The highest BCUT2D eigenvalue weighted by Gasteiger charge is 2.70. The minimum atomic E-state index is -1.01. The van der Waals surface area contributed by atoms with E-state index in [4.69, 9.17) is 0 Å². The lowest BCUT2D eigenvalue weighted by Gasteiger charge is -2.71. The first-order valence-corrected chi connectivity index (χ1v) is 26.2. The van der Waals surface area contributed by atoms with E-state index in [1.165, 1.54) is 5.57 Å². The smallest absolute Gasteiger partial charge is 0.326 e. The Kier molecular flexibility index (Phi) is 19.2. The number of carboxylic acids is 1. The molecule has 0 radical (unpaired) electrons. The van der Waals surface area contributed by atoms with Crippen LogP contribution < -0.4 is 10.6 Å². The lowest BCUT2D eigenvalue weighted by molar-refractivity contribution is -0.231. The summed E-state index contributed by atoms with van der Waals surface area (Å²) >= 11 is 0. The average Bonchev–Trinajstić information content (AvgIpc) is 3.27. The SMILES string of the molecule is CCC=CCC=CCC=CCC=CCC=CCC=CCCC(=O)NCCCCC(NC(=O)C12CCC(C)C(C)C1C1=CCC3C4(C)CC(O)C(O)C(C)(C)C4CCC3(C)C1(C)CC2)C(=O)O. The number of nitrogens with one attached hydrogen (secondary N) is 2. The van der Waals surface area contributed by atoms with Crippen molar-refractivity contribution in [1.29, 1.82) is 0 Å². The van der Waals surface area contributed by atoms with Gasteiger partial charge in [-0.3, -0.25) is 9.59 Å². The summed E-state index contributed by atoms with van der Waals surface area (Å²) in [5, 5.41) is 38.9. The van der Waals surface area contributed by atoms with Gasteiger partial charge in [0.15, 0.2) is 0 Å². The van der Waals surface area contributed by atoms with Crippen LogP contribution in [0.2, 0.25) is 0 Å². The number of aliphatic hydroxyl groups is 2. The molecule has 0 aromatic rings. The third kappa shape index (κ3) is 11.7. The molecule has 0 aliphatic heterocycles. The number of hydrogen-bond donors (Lipinski definition) is 5. The number of rotatable bonds is 22. The summed E-state index contributed by atoms with van der Waals surface area (Å²) < 4.78 is 0. The summed E-state index contributed by atoms with van der Waals surface area (Å²) in [5.41, 5.74) is 0.110. The number of amides is 2. The second-order valence-corrected chi connectivity index (χ2v) is 22.5. The van der Waals surface area contributed by atoms with Crippen LogP contribution in [0.25, 0.3) is 0 Å². The molecule has 368 valence electrons. The van der Waals surface area contributed by atoms with E-state index in [-0.39, 0.29) is 45.3 Å². The van der Waals surface area contributed by atoms with E-state index < -0.39 is 29.6 Å². The fourth-order valence-electron chi connectivity index (χ4n) is 14.2. The molecule has 0 saturated heterocycles. The van der Waals surface area contributed by atoms with Crippen molar-refractivity contribution in [3.05, 3.63) is 84.6 Å². The topological polar surface area (TPSA) is 136 Å². The Balaban J connectivity index is 1.07. The third-order valence-electron chi connectivity index (χ3n) is 18.4. The van der Waals surface area contributed by atoms with Crippen molar-refractivity contribution in [2.75, 3.05) is 6.54 Å². The van der Waals surface area contributed by atoms with E-state index in [0.717, 1.165) is 83.5 Å². The van der Waals surface area contributed by atoms with Gasteiger partial charge >= 0.3 is 5.97 Å². The number of fused-ring (bicyclic) bond motifs is 7. The van der Waals surface area contributed by atoms with E-state index in [2.05, 4.69) is 139 Å². The standard InChI is InChI=1S/C58H90N2O6/c1-9-10-11-12-13-14-15-16-17-18-19-20-21-22-23-24-25-26-27-31-49(62)59-40-29-28-30-45(52(64)65)60-53(66)58-37-34-42(2)43(3)50(58)44-32-33-48-55(6)41-46(61)51(63)54(4,5)47(55)35-36-57(48,8)56(44,7)38-39-58/h10-11,13-14,16-17,19-20,22-23,25-26,32,42-43,45-48,50-51,61,63H,9,12,15,18,21,24,27-31,33-41H2,1-8H3,(H,59,62)(H,60,66)(H,64,65). The van der Waals surface area contributed by atoms with E-state index in [0.29, 0.717) is 62.8 Å². The number of hydrogen-bond acceptors (Lipinski definition) is 5. The molecule has 4 saturated carbocycles. The molecule has 4 fully saturated rings. The predicted octanol–water partition coefficient (Wildman–Crippen LogP) is 12.3. The van der Waals surface area contributed by atoms with Crippen LogP contribution in [0.1, 0.15) is 177 Å². The zero-order valence-electron chi connectivity index (χ0n) is 42.3. The molecule has 5 aliphatic rings. The van der Waals surface area contributed by atoms with E-state index in [1.54, 1.807) is 0 Å². The Bertz CT molecular complexity index is 1860. The third-order valence-corrected chi connectivity index (χ3v) is 18.4. The average molecular weight is 911 g/mol. The van der Waals surface area contributed by atoms with Gasteiger partial charge in [-0.2, -0.15) is 0 Å². The number of carboxylic acid groups (broad SMARTS) is 1. The summed E-state index contributed by atoms with van der Waals surface area (Å²) in [7, 11) is 0. The molecule has 12 unspecified atom stereocenters. The summed E-state index contributed by atoms with van der Waals surface area (Å²) in [6.07, 6.45) is 42.4. The molecule has 8 heteroatoms. The first kappa shape index (κ1) is 53.5. The van der Waals surface area contributed by atoms with Crippen LogP contribution in [-0.2, 0) is 14.4 Å². The predicted molar refractivity (Wildman–Crippen MR) is 270 cm³/mol. The lowest BCUT2D eigenvalue weighted by atomic mass is 9.33. The van der Waals surface area contributed by atoms with Gasteiger partial charge in [0.1, 0.15) is 6.04 Å². The fraction of sp³-hybridized carbons (Fsp3) is 0.707. The molecular formula is C58H90N2O6. The van der Waals surface area contributed by atoms with Gasteiger partial charge < -0.3 is 26.0 Å². The molecule has 8 nitrogen and oxygen atoms in total. The van der Waals surface area contributed by atoms with Crippen LogP contribution in [-0.4, -0.2) is 57.9 Å². The van der Waals surface area contributed by atoms with Gasteiger partial charge in [-0.15, -0.1) is 0 Å². The summed E-state index contributed by atoms with van der Waals surface area (Å²) in [5.74, 6) is 0.310.